The van der Waals surface area contributed by atoms with Crippen LogP contribution in [0.1, 0.15) is 24.5 Å². The summed E-state index contributed by atoms with van der Waals surface area (Å²) in [6, 6.07) is 24.1. The van der Waals surface area contributed by atoms with Crippen LogP contribution in [0.5, 0.6) is 0 Å². The lowest BCUT2D eigenvalue weighted by Gasteiger charge is -2.06. The van der Waals surface area contributed by atoms with Crippen LogP contribution >= 0.6 is 0 Å². The Bertz CT molecular complexity index is 957. The van der Waals surface area contributed by atoms with E-state index in [1.807, 2.05) is 0 Å². The van der Waals surface area contributed by atoms with Crippen molar-refractivity contribution in [1.29, 1.82) is 0 Å². The zero-order valence-corrected chi connectivity index (χ0v) is 13.5. The minimum Gasteiger partial charge on any atom is -0.347 e. The van der Waals surface area contributed by atoms with Crippen molar-refractivity contribution in [3.63, 3.8) is 0 Å². The molecule has 0 saturated heterocycles. The second kappa shape index (κ2) is 5.92. The molecule has 23 heavy (non-hydrogen) atoms. The summed E-state index contributed by atoms with van der Waals surface area (Å²) in [5.41, 5.74) is 4.18. The van der Waals surface area contributed by atoms with E-state index in [9.17, 15) is 0 Å². The third kappa shape index (κ3) is 2.53. The predicted octanol–water partition coefficient (Wildman–Crippen LogP) is 5.80. The van der Waals surface area contributed by atoms with Gasteiger partial charge in [-0.25, -0.2) is 0 Å². The van der Waals surface area contributed by atoms with Gasteiger partial charge in [0.2, 0.25) is 0 Å². The molecule has 0 saturated carbocycles. The Hall–Kier alpha value is -2.54. The smallest absolute Gasteiger partial charge is 0.0483 e. The van der Waals surface area contributed by atoms with Crippen LogP contribution in [0.3, 0.4) is 0 Å². The first kappa shape index (κ1) is 14.1. The number of hydrogen-bond donors (Lipinski definition) is 0. The van der Waals surface area contributed by atoms with E-state index in [2.05, 4.69) is 84.4 Å². The van der Waals surface area contributed by atoms with Crippen molar-refractivity contribution in [2.24, 2.45) is 0 Å². The largest absolute Gasteiger partial charge is 0.347 e. The number of para-hydroxylation sites is 1. The van der Waals surface area contributed by atoms with Gasteiger partial charge in [-0.05, 0) is 34.4 Å². The summed E-state index contributed by atoms with van der Waals surface area (Å²) in [5, 5.41) is 4.07. The Kier molecular flexibility index (Phi) is 3.63. The summed E-state index contributed by atoms with van der Waals surface area (Å²) in [7, 11) is 0. The molecule has 0 aliphatic carbocycles. The van der Waals surface area contributed by atoms with Crippen LogP contribution in [0.4, 0.5) is 0 Å². The fourth-order valence-electron chi connectivity index (χ4n) is 3.54. The molecule has 0 bridgehead atoms. The summed E-state index contributed by atoms with van der Waals surface area (Å²) in [4.78, 5) is 0. The lowest BCUT2D eigenvalue weighted by Crippen LogP contribution is -1.93. The number of fused-ring (bicyclic) bond motifs is 2. The molecule has 0 spiro atoms. The summed E-state index contributed by atoms with van der Waals surface area (Å²) >= 11 is 0. The number of benzene rings is 3. The number of nitrogens with zero attached hydrogens (tertiary/aromatic N) is 1. The maximum absolute atomic E-state index is 2.40. The van der Waals surface area contributed by atoms with Gasteiger partial charge in [-0.15, -0.1) is 0 Å². The standard InChI is InChI=1S/C22H21N/c1-2-14-23-16-19(21-12-5-6-13-22(21)23)15-18-10-7-9-17-8-3-4-11-20(17)18/h3-13,16H,2,14-15H2,1H3. The Labute approximate surface area is 137 Å². The molecular formula is C22H21N. The van der Waals surface area contributed by atoms with Crippen molar-refractivity contribution in [3.8, 4) is 0 Å². The molecule has 0 aliphatic heterocycles. The zero-order valence-electron chi connectivity index (χ0n) is 13.5. The van der Waals surface area contributed by atoms with Crippen LogP contribution in [-0.2, 0) is 13.0 Å². The maximum Gasteiger partial charge on any atom is 0.0483 e. The molecule has 4 rings (SSSR count). The Morgan fingerprint density at radius 1 is 0.739 bits per heavy atom. The Balaban J connectivity index is 1.83. The Morgan fingerprint density at radius 2 is 1.48 bits per heavy atom. The van der Waals surface area contributed by atoms with Crippen molar-refractivity contribution in [3.05, 3.63) is 84.1 Å². The molecule has 0 radical (unpaired) electrons. The van der Waals surface area contributed by atoms with Crippen molar-refractivity contribution in [1.82, 2.24) is 4.57 Å². The maximum atomic E-state index is 2.40. The van der Waals surface area contributed by atoms with E-state index >= 15 is 0 Å². The highest BCUT2D eigenvalue weighted by Crippen LogP contribution is 2.27. The summed E-state index contributed by atoms with van der Waals surface area (Å²) in [6.07, 6.45) is 4.49. The number of aromatic nitrogens is 1. The first-order valence-corrected chi connectivity index (χ1v) is 8.40. The third-order valence-electron chi connectivity index (χ3n) is 4.60. The molecule has 114 valence electrons. The van der Waals surface area contributed by atoms with Crippen LogP contribution < -0.4 is 0 Å². The number of aryl methyl sites for hydroxylation is 1. The first-order valence-electron chi connectivity index (χ1n) is 8.40. The molecule has 0 atom stereocenters. The summed E-state index contributed by atoms with van der Waals surface area (Å²) < 4.78 is 2.40. The highest BCUT2D eigenvalue weighted by Gasteiger charge is 2.09. The molecule has 0 fully saturated rings. The van der Waals surface area contributed by atoms with Gasteiger partial charge >= 0.3 is 0 Å². The highest BCUT2D eigenvalue weighted by atomic mass is 15.0. The summed E-state index contributed by atoms with van der Waals surface area (Å²) in [5.74, 6) is 0. The molecule has 1 aromatic heterocycles. The van der Waals surface area contributed by atoms with Gasteiger partial charge in [0, 0.05) is 30.1 Å². The van der Waals surface area contributed by atoms with E-state index in [0.29, 0.717) is 0 Å². The van der Waals surface area contributed by atoms with Gasteiger partial charge in [0.25, 0.3) is 0 Å². The lowest BCUT2D eigenvalue weighted by molar-refractivity contribution is 0.701. The van der Waals surface area contributed by atoms with E-state index < -0.39 is 0 Å². The molecule has 1 heteroatoms. The third-order valence-corrected chi connectivity index (χ3v) is 4.60. The van der Waals surface area contributed by atoms with Gasteiger partial charge < -0.3 is 4.57 Å². The SMILES string of the molecule is CCCn1cc(Cc2cccc3ccccc23)c2ccccc21. The van der Waals surface area contributed by atoms with Crippen LogP contribution in [-0.4, -0.2) is 4.57 Å². The average molecular weight is 299 g/mol. The van der Waals surface area contributed by atoms with E-state index in [-0.39, 0.29) is 0 Å². The molecule has 1 heterocycles. The van der Waals surface area contributed by atoms with Crippen molar-refractivity contribution in [2.75, 3.05) is 0 Å². The van der Waals surface area contributed by atoms with Gasteiger partial charge in [0.05, 0.1) is 0 Å². The minimum atomic E-state index is 0.985. The van der Waals surface area contributed by atoms with Gasteiger partial charge in [0.15, 0.2) is 0 Å². The van der Waals surface area contributed by atoms with Gasteiger partial charge in [-0.2, -0.15) is 0 Å². The van der Waals surface area contributed by atoms with E-state index in [4.69, 9.17) is 0 Å². The molecule has 4 aromatic rings. The van der Waals surface area contributed by atoms with Gasteiger partial charge in [-0.1, -0.05) is 67.6 Å². The molecule has 0 aliphatic rings. The van der Waals surface area contributed by atoms with Gasteiger partial charge in [0.1, 0.15) is 0 Å². The average Bonchev–Trinajstić information content (AvgIpc) is 2.94. The first-order chi connectivity index (χ1) is 11.4. The minimum absolute atomic E-state index is 0.985. The molecule has 3 aromatic carbocycles. The zero-order chi connectivity index (χ0) is 15.6. The van der Waals surface area contributed by atoms with E-state index in [1.165, 1.54) is 32.8 Å². The quantitative estimate of drug-likeness (QED) is 0.449. The Morgan fingerprint density at radius 3 is 2.35 bits per heavy atom. The molecule has 0 unspecified atom stereocenters. The second-order valence-corrected chi connectivity index (χ2v) is 6.18. The topological polar surface area (TPSA) is 4.93 Å². The lowest BCUT2D eigenvalue weighted by atomic mass is 9.98. The van der Waals surface area contributed by atoms with E-state index in [1.54, 1.807) is 0 Å². The van der Waals surface area contributed by atoms with E-state index in [0.717, 1.165) is 19.4 Å². The van der Waals surface area contributed by atoms with Crippen molar-refractivity contribution in [2.45, 2.75) is 26.3 Å². The van der Waals surface area contributed by atoms with Crippen LogP contribution in [0.15, 0.2) is 72.9 Å². The van der Waals surface area contributed by atoms with Crippen molar-refractivity contribution >= 4 is 21.7 Å². The predicted molar refractivity (Wildman–Crippen MR) is 99.0 cm³/mol. The van der Waals surface area contributed by atoms with Crippen LogP contribution in [0, 0.1) is 0 Å². The normalized spacial score (nSPS) is 11.3. The van der Waals surface area contributed by atoms with Crippen LogP contribution in [0.25, 0.3) is 21.7 Å². The molecular weight excluding hydrogens is 278 g/mol. The molecule has 1 nitrogen and oxygen atoms in total. The van der Waals surface area contributed by atoms with Crippen LogP contribution in [0.2, 0.25) is 0 Å². The molecule has 0 N–H and O–H groups in total. The highest BCUT2D eigenvalue weighted by molar-refractivity contribution is 5.88. The fourth-order valence-corrected chi connectivity index (χ4v) is 3.54. The fraction of sp³-hybridized carbons (Fsp3) is 0.182. The van der Waals surface area contributed by atoms with Gasteiger partial charge in [-0.3, -0.25) is 0 Å². The molecule has 0 amide bonds. The number of rotatable bonds is 4. The summed E-state index contributed by atoms with van der Waals surface area (Å²) in [6.45, 7) is 3.31. The monoisotopic (exact) mass is 299 g/mol. The number of hydrogen-bond acceptors (Lipinski definition) is 0. The van der Waals surface area contributed by atoms with Crippen molar-refractivity contribution < 1.29 is 0 Å². The second-order valence-electron chi connectivity index (χ2n) is 6.18.